The van der Waals surface area contributed by atoms with Crippen molar-refractivity contribution in [3.8, 4) is 0 Å². The molecule has 0 aromatic carbocycles. The predicted molar refractivity (Wildman–Crippen MR) is 136 cm³/mol. The first-order chi connectivity index (χ1) is 15.9. The quantitative estimate of drug-likeness (QED) is 0.117. The number of hydrogen-bond acceptors (Lipinski definition) is 4. The number of rotatable bonds is 23. The lowest BCUT2D eigenvalue weighted by atomic mass is 10.0. The Hall–Kier alpha value is -1.14. The van der Waals surface area contributed by atoms with Gasteiger partial charge in [0, 0.05) is 0 Å². The standard InChI is InChI=1S/C15H30O3.C12H24O3/c1-2-3-4-5-6-7-8-9-10-11-12-13-14(16)15(17)18;1-2-3-4-5-6-7-8-9-10-11(13)12(14)15/h14,16H,2-13H2,1H3,(H,17,18);11,13H,2-10H2,1H3,(H,14,15). The molecule has 4 N–H and O–H groups in total. The zero-order valence-electron chi connectivity index (χ0n) is 21.6. The molecule has 198 valence electrons. The molecule has 0 amide bonds. The molecule has 0 heterocycles. The van der Waals surface area contributed by atoms with Gasteiger partial charge in [-0.3, -0.25) is 0 Å². The number of aliphatic hydroxyl groups is 2. The molecule has 6 nitrogen and oxygen atoms in total. The van der Waals surface area contributed by atoms with E-state index in [0.29, 0.717) is 12.8 Å². The summed E-state index contributed by atoms with van der Waals surface area (Å²) in [6.45, 7) is 4.44. The third-order valence-corrected chi connectivity index (χ3v) is 5.98. The number of carbonyl (C=O) groups is 2. The number of carboxylic acids is 2. The maximum Gasteiger partial charge on any atom is 0.332 e. The molecule has 0 bridgehead atoms. The van der Waals surface area contributed by atoms with E-state index in [4.69, 9.17) is 20.4 Å². The average molecular weight is 475 g/mol. The third kappa shape index (κ3) is 28.8. The lowest BCUT2D eigenvalue weighted by Gasteiger charge is -2.05. The lowest BCUT2D eigenvalue weighted by molar-refractivity contribution is -0.147. The van der Waals surface area contributed by atoms with Gasteiger partial charge in [0.2, 0.25) is 0 Å². The Morgan fingerprint density at radius 1 is 0.455 bits per heavy atom. The number of aliphatic hydroxyl groups excluding tert-OH is 2. The highest BCUT2D eigenvalue weighted by molar-refractivity contribution is 5.72. The van der Waals surface area contributed by atoms with Crippen molar-refractivity contribution in [3.63, 3.8) is 0 Å². The minimum Gasteiger partial charge on any atom is -0.479 e. The minimum absolute atomic E-state index is 0.393. The second-order valence-corrected chi connectivity index (χ2v) is 9.30. The number of carboxylic acid groups (broad SMARTS) is 2. The highest BCUT2D eigenvalue weighted by atomic mass is 16.4. The molecule has 0 aromatic heterocycles. The van der Waals surface area contributed by atoms with Crippen molar-refractivity contribution in [2.75, 3.05) is 0 Å². The van der Waals surface area contributed by atoms with Crippen molar-refractivity contribution in [1.29, 1.82) is 0 Å². The van der Waals surface area contributed by atoms with Gasteiger partial charge in [0.05, 0.1) is 0 Å². The number of aliphatic carboxylic acids is 2. The van der Waals surface area contributed by atoms with Gasteiger partial charge >= 0.3 is 11.9 Å². The van der Waals surface area contributed by atoms with Crippen LogP contribution in [0.1, 0.15) is 149 Å². The molecular weight excluding hydrogens is 420 g/mol. The largest absolute Gasteiger partial charge is 0.479 e. The van der Waals surface area contributed by atoms with Crippen molar-refractivity contribution in [3.05, 3.63) is 0 Å². The first-order valence-electron chi connectivity index (χ1n) is 13.7. The summed E-state index contributed by atoms with van der Waals surface area (Å²) in [4.78, 5) is 20.6. The van der Waals surface area contributed by atoms with Gasteiger partial charge in [0.15, 0.2) is 12.2 Å². The van der Waals surface area contributed by atoms with Crippen LogP contribution in [0.25, 0.3) is 0 Å². The molecule has 2 unspecified atom stereocenters. The fourth-order valence-corrected chi connectivity index (χ4v) is 3.72. The second-order valence-electron chi connectivity index (χ2n) is 9.30. The van der Waals surface area contributed by atoms with Gasteiger partial charge in [-0.1, -0.05) is 136 Å². The molecule has 6 heteroatoms. The normalized spacial score (nSPS) is 12.6. The van der Waals surface area contributed by atoms with Gasteiger partial charge in [-0.25, -0.2) is 9.59 Å². The molecule has 0 aliphatic heterocycles. The van der Waals surface area contributed by atoms with Crippen molar-refractivity contribution in [2.45, 2.75) is 161 Å². The van der Waals surface area contributed by atoms with E-state index < -0.39 is 24.1 Å². The Bertz CT molecular complexity index is 427. The molecule has 0 saturated heterocycles. The molecule has 2 atom stereocenters. The van der Waals surface area contributed by atoms with Crippen LogP contribution in [0.4, 0.5) is 0 Å². The van der Waals surface area contributed by atoms with E-state index in [2.05, 4.69) is 13.8 Å². The van der Waals surface area contributed by atoms with Crippen LogP contribution in [0.2, 0.25) is 0 Å². The fraction of sp³-hybridized carbons (Fsp3) is 0.926. The van der Waals surface area contributed by atoms with E-state index in [9.17, 15) is 9.59 Å². The fourth-order valence-electron chi connectivity index (χ4n) is 3.72. The van der Waals surface area contributed by atoms with Crippen LogP contribution >= 0.6 is 0 Å². The van der Waals surface area contributed by atoms with Crippen LogP contribution in [0, 0.1) is 0 Å². The third-order valence-electron chi connectivity index (χ3n) is 5.98. The maximum atomic E-state index is 10.4. The zero-order valence-corrected chi connectivity index (χ0v) is 21.6. The molecule has 0 rings (SSSR count). The van der Waals surface area contributed by atoms with E-state index in [0.717, 1.165) is 32.1 Å². The molecule has 0 radical (unpaired) electrons. The lowest BCUT2D eigenvalue weighted by Crippen LogP contribution is -2.18. The molecule has 0 fully saturated rings. The Balaban J connectivity index is 0. The number of hydrogen-bond donors (Lipinski definition) is 4. The second kappa shape index (κ2) is 27.1. The SMILES string of the molecule is CCCCCCCCCCC(O)C(=O)O.CCCCCCCCCCCCCC(O)C(=O)O. The maximum absolute atomic E-state index is 10.4. The van der Waals surface area contributed by atoms with Crippen molar-refractivity contribution < 1.29 is 30.0 Å². The summed E-state index contributed by atoms with van der Waals surface area (Å²) in [5.41, 5.74) is 0. The van der Waals surface area contributed by atoms with Gasteiger partial charge in [0.25, 0.3) is 0 Å². The van der Waals surface area contributed by atoms with Crippen LogP contribution in [-0.2, 0) is 9.59 Å². The molecule has 0 aliphatic rings. The summed E-state index contributed by atoms with van der Waals surface area (Å²) >= 11 is 0. The van der Waals surface area contributed by atoms with Crippen LogP contribution in [0.3, 0.4) is 0 Å². The van der Waals surface area contributed by atoms with Crippen molar-refractivity contribution in [2.24, 2.45) is 0 Å². The van der Waals surface area contributed by atoms with Crippen LogP contribution in [0.5, 0.6) is 0 Å². The molecule has 0 spiro atoms. The van der Waals surface area contributed by atoms with E-state index in [1.54, 1.807) is 0 Å². The first kappa shape index (κ1) is 34.0. The van der Waals surface area contributed by atoms with Gasteiger partial charge in [-0.05, 0) is 12.8 Å². The van der Waals surface area contributed by atoms with Gasteiger partial charge < -0.3 is 20.4 Å². The van der Waals surface area contributed by atoms with Crippen molar-refractivity contribution in [1.82, 2.24) is 0 Å². The summed E-state index contributed by atoms with van der Waals surface area (Å²) in [5.74, 6) is -2.19. The molecule has 0 saturated carbocycles. The summed E-state index contributed by atoms with van der Waals surface area (Å²) in [6, 6.07) is 0. The summed E-state index contributed by atoms with van der Waals surface area (Å²) in [5, 5.41) is 35.0. The summed E-state index contributed by atoms with van der Waals surface area (Å²) in [6.07, 6.45) is 21.6. The molecule has 33 heavy (non-hydrogen) atoms. The first-order valence-corrected chi connectivity index (χ1v) is 13.7. The molecule has 0 aromatic rings. The summed E-state index contributed by atoms with van der Waals surface area (Å²) < 4.78 is 0. The van der Waals surface area contributed by atoms with Crippen LogP contribution in [-0.4, -0.2) is 44.6 Å². The number of unbranched alkanes of at least 4 members (excludes halogenated alkanes) is 17. The Labute approximate surface area is 203 Å². The van der Waals surface area contributed by atoms with Gasteiger partial charge in [0.1, 0.15) is 0 Å². The highest BCUT2D eigenvalue weighted by Crippen LogP contribution is 2.13. The highest BCUT2D eigenvalue weighted by Gasteiger charge is 2.12. The van der Waals surface area contributed by atoms with E-state index in [-0.39, 0.29) is 0 Å². The van der Waals surface area contributed by atoms with Gasteiger partial charge in [-0.2, -0.15) is 0 Å². The zero-order chi connectivity index (χ0) is 25.2. The Morgan fingerprint density at radius 3 is 0.879 bits per heavy atom. The Kier molecular flexibility index (Phi) is 28.0. The predicted octanol–water partition coefficient (Wildman–Crippen LogP) is 7.10. The van der Waals surface area contributed by atoms with Crippen LogP contribution in [0.15, 0.2) is 0 Å². The van der Waals surface area contributed by atoms with E-state index in [1.807, 2.05) is 0 Å². The smallest absolute Gasteiger partial charge is 0.332 e. The van der Waals surface area contributed by atoms with E-state index in [1.165, 1.54) is 89.9 Å². The van der Waals surface area contributed by atoms with Crippen LogP contribution < -0.4 is 0 Å². The topological polar surface area (TPSA) is 115 Å². The minimum atomic E-state index is -1.16. The van der Waals surface area contributed by atoms with Gasteiger partial charge in [-0.15, -0.1) is 0 Å². The van der Waals surface area contributed by atoms with E-state index >= 15 is 0 Å². The monoisotopic (exact) mass is 474 g/mol. The van der Waals surface area contributed by atoms with Crippen molar-refractivity contribution >= 4 is 11.9 Å². The molecular formula is C27H54O6. The average Bonchev–Trinajstić information content (AvgIpc) is 2.79. The summed E-state index contributed by atoms with van der Waals surface area (Å²) in [7, 11) is 0. The molecule has 0 aliphatic carbocycles. The Morgan fingerprint density at radius 2 is 0.667 bits per heavy atom.